The predicted molar refractivity (Wildman–Crippen MR) is 88.0 cm³/mol. The molecule has 0 aliphatic heterocycles. The molecule has 1 aromatic heterocycles. The molecule has 6 heteroatoms. The van der Waals surface area contributed by atoms with Crippen molar-refractivity contribution in [3.8, 4) is 0 Å². The summed E-state index contributed by atoms with van der Waals surface area (Å²) in [6.07, 6.45) is 0. The van der Waals surface area contributed by atoms with E-state index in [1.54, 1.807) is 35.6 Å². The van der Waals surface area contributed by atoms with Crippen LogP contribution in [0.1, 0.15) is 31.6 Å². The van der Waals surface area contributed by atoms with Crippen LogP contribution in [-0.4, -0.2) is 37.4 Å². The minimum atomic E-state index is -0.502. The molecule has 2 rings (SSSR count). The van der Waals surface area contributed by atoms with E-state index in [4.69, 9.17) is 5.73 Å². The Labute approximate surface area is 133 Å². The maximum Gasteiger partial charge on any atom is 0.251 e. The summed E-state index contributed by atoms with van der Waals surface area (Å²) in [5.74, 6) is -0.670. The molecule has 5 nitrogen and oxygen atoms in total. The minimum Gasteiger partial charge on any atom is -0.366 e. The molecule has 0 radical (unpaired) electrons. The third-order valence-electron chi connectivity index (χ3n) is 3.38. The van der Waals surface area contributed by atoms with E-state index in [2.05, 4.69) is 16.3 Å². The van der Waals surface area contributed by atoms with Crippen LogP contribution in [0.15, 0.2) is 41.8 Å². The number of nitrogens with zero attached hydrogens (tertiary/aromatic N) is 1. The molecule has 2 aromatic rings. The van der Waals surface area contributed by atoms with Gasteiger partial charge in [-0.2, -0.15) is 0 Å². The van der Waals surface area contributed by atoms with E-state index in [1.807, 2.05) is 25.5 Å². The molecular formula is C16H19N3O2S. The Hall–Kier alpha value is -2.18. The summed E-state index contributed by atoms with van der Waals surface area (Å²) in [5.41, 5.74) is 6.08. The summed E-state index contributed by atoms with van der Waals surface area (Å²) in [6.45, 7) is 0.518. The smallest absolute Gasteiger partial charge is 0.251 e. The number of nitrogens with one attached hydrogen (secondary N) is 1. The molecule has 0 aliphatic rings. The van der Waals surface area contributed by atoms with Crippen LogP contribution >= 0.6 is 11.3 Å². The highest BCUT2D eigenvalue weighted by atomic mass is 32.1. The molecule has 22 heavy (non-hydrogen) atoms. The number of carbonyl (C=O) groups is 2. The Morgan fingerprint density at radius 3 is 2.32 bits per heavy atom. The van der Waals surface area contributed by atoms with Crippen LogP contribution in [0.4, 0.5) is 0 Å². The lowest BCUT2D eigenvalue weighted by Gasteiger charge is -2.23. The minimum absolute atomic E-state index is 0.133. The second-order valence-electron chi connectivity index (χ2n) is 5.15. The first-order valence-corrected chi connectivity index (χ1v) is 7.75. The quantitative estimate of drug-likeness (QED) is 0.854. The van der Waals surface area contributed by atoms with Crippen molar-refractivity contribution in [1.82, 2.24) is 10.2 Å². The van der Waals surface area contributed by atoms with Gasteiger partial charge >= 0.3 is 0 Å². The molecule has 1 heterocycles. The van der Waals surface area contributed by atoms with Gasteiger partial charge in [0.1, 0.15) is 0 Å². The van der Waals surface area contributed by atoms with Crippen molar-refractivity contribution in [2.75, 3.05) is 20.6 Å². The molecular weight excluding hydrogens is 298 g/mol. The number of thiophene rings is 1. The molecule has 0 bridgehead atoms. The van der Waals surface area contributed by atoms with Gasteiger partial charge < -0.3 is 16.0 Å². The van der Waals surface area contributed by atoms with Gasteiger partial charge in [0.25, 0.3) is 5.91 Å². The van der Waals surface area contributed by atoms with Crippen LogP contribution in [0.2, 0.25) is 0 Å². The maximum absolute atomic E-state index is 12.2. The van der Waals surface area contributed by atoms with E-state index in [0.29, 0.717) is 17.7 Å². The van der Waals surface area contributed by atoms with Gasteiger partial charge in [-0.05, 0) is 49.8 Å². The fourth-order valence-corrected chi connectivity index (χ4v) is 3.02. The number of hydrogen-bond donors (Lipinski definition) is 2. The number of hydrogen-bond acceptors (Lipinski definition) is 4. The number of carbonyl (C=O) groups excluding carboxylic acids is 2. The van der Waals surface area contributed by atoms with Crippen LogP contribution < -0.4 is 11.1 Å². The zero-order chi connectivity index (χ0) is 16.1. The Balaban J connectivity index is 2.00. The maximum atomic E-state index is 12.2. The van der Waals surface area contributed by atoms with E-state index in [9.17, 15) is 9.59 Å². The fourth-order valence-electron chi connectivity index (χ4n) is 2.10. The van der Waals surface area contributed by atoms with Gasteiger partial charge in [0.2, 0.25) is 5.91 Å². The summed E-state index contributed by atoms with van der Waals surface area (Å²) in [7, 11) is 3.97. The number of amides is 2. The molecule has 116 valence electrons. The standard InChI is InChI=1S/C16H19N3O2S/c1-19(2)13(14-4-3-9-22-14)10-18-16(21)12-7-5-11(6-8-12)15(17)20/h3-9,13H,10H2,1-2H3,(H2,17,20)(H,18,21). The van der Waals surface area contributed by atoms with Gasteiger partial charge in [0.15, 0.2) is 0 Å². The predicted octanol–water partition coefficient (Wildman–Crippen LogP) is 1.88. The summed E-state index contributed by atoms with van der Waals surface area (Å²) >= 11 is 1.67. The van der Waals surface area contributed by atoms with Crippen LogP contribution in [0.3, 0.4) is 0 Å². The average molecular weight is 317 g/mol. The summed E-state index contributed by atoms with van der Waals surface area (Å²) in [4.78, 5) is 26.5. The SMILES string of the molecule is CN(C)C(CNC(=O)c1ccc(C(N)=O)cc1)c1cccs1. The van der Waals surface area contributed by atoms with E-state index >= 15 is 0 Å². The number of likely N-dealkylation sites (N-methyl/N-ethyl adjacent to an activating group) is 1. The first kappa shape index (κ1) is 16.2. The van der Waals surface area contributed by atoms with Gasteiger partial charge in [-0.1, -0.05) is 6.07 Å². The molecule has 1 aromatic carbocycles. The lowest BCUT2D eigenvalue weighted by molar-refractivity contribution is 0.0940. The molecule has 1 atom stereocenters. The zero-order valence-corrected chi connectivity index (χ0v) is 13.4. The van der Waals surface area contributed by atoms with E-state index in [1.165, 1.54) is 4.88 Å². The molecule has 0 spiro atoms. The van der Waals surface area contributed by atoms with Crippen molar-refractivity contribution >= 4 is 23.2 Å². The van der Waals surface area contributed by atoms with E-state index in [-0.39, 0.29) is 11.9 Å². The Morgan fingerprint density at radius 1 is 1.18 bits per heavy atom. The zero-order valence-electron chi connectivity index (χ0n) is 12.6. The molecule has 3 N–H and O–H groups in total. The summed E-state index contributed by atoms with van der Waals surface area (Å²) < 4.78 is 0. The molecule has 1 unspecified atom stereocenters. The van der Waals surface area contributed by atoms with Gasteiger partial charge in [-0.15, -0.1) is 11.3 Å². The van der Waals surface area contributed by atoms with Crippen molar-refractivity contribution in [3.05, 3.63) is 57.8 Å². The third kappa shape index (κ3) is 3.93. The molecule has 2 amide bonds. The van der Waals surface area contributed by atoms with Crippen LogP contribution in [-0.2, 0) is 0 Å². The highest BCUT2D eigenvalue weighted by Gasteiger charge is 2.16. The number of nitrogens with two attached hydrogens (primary N) is 1. The third-order valence-corrected chi connectivity index (χ3v) is 4.36. The Kier molecular flexibility index (Phi) is 5.30. The van der Waals surface area contributed by atoms with Crippen molar-refractivity contribution in [2.45, 2.75) is 6.04 Å². The molecule has 0 aliphatic carbocycles. The summed E-state index contributed by atoms with van der Waals surface area (Å²) in [6, 6.07) is 10.5. The van der Waals surface area contributed by atoms with Gasteiger partial charge in [-0.3, -0.25) is 9.59 Å². The monoisotopic (exact) mass is 317 g/mol. The van der Waals surface area contributed by atoms with Crippen molar-refractivity contribution in [1.29, 1.82) is 0 Å². The van der Waals surface area contributed by atoms with Crippen LogP contribution in [0.25, 0.3) is 0 Å². The van der Waals surface area contributed by atoms with Gasteiger partial charge in [-0.25, -0.2) is 0 Å². The Bertz CT molecular complexity index is 636. The van der Waals surface area contributed by atoms with Crippen molar-refractivity contribution < 1.29 is 9.59 Å². The van der Waals surface area contributed by atoms with E-state index < -0.39 is 5.91 Å². The second kappa shape index (κ2) is 7.20. The number of rotatable bonds is 6. The first-order chi connectivity index (χ1) is 10.5. The average Bonchev–Trinajstić information content (AvgIpc) is 3.01. The van der Waals surface area contributed by atoms with Gasteiger partial charge in [0, 0.05) is 22.5 Å². The summed E-state index contributed by atoms with van der Waals surface area (Å²) in [5, 5.41) is 4.95. The van der Waals surface area contributed by atoms with Crippen molar-refractivity contribution in [2.24, 2.45) is 5.73 Å². The van der Waals surface area contributed by atoms with Gasteiger partial charge in [0.05, 0.1) is 6.04 Å². The normalized spacial score (nSPS) is 12.1. The number of primary amides is 1. The molecule has 0 fully saturated rings. The first-order valence-electron chi connectivity index (χ1n) is 6.87. The lowest BCUT2D eigenvalue weighted by atomic mass is 10.1. The van der Waals surface area contributed by atoms with Crippen molar-refractivity contribution in [3.63, 3.8) is 0 Å². The Morgan fingerprint density at radius 2 is 1.82 bits per heavy atom. The topological polar surface area (TPSA) is 75.4 Å². The highest BCUT2D eigenvalue weighted by Crippen LogP contribution is 2.22. The largest absolute Gasteiger partial charge is 0.366 e. The second-order valence-corrected chi connectivity index (χ2v) is 6.13. The number of benzene rings is 1. The molecule has 0 saturated heterocycles. The van der Waals surface area contributed by atoms with E-state index in [0.717, 1.165) is 0 Å². The fraction of sp³-hybridized carbons (Fsp3) is 0.250. The highest BCUT2D eigenvalue weighted by molar-refractivity contribution is 7.10. The molecule has 0 saturated carbocycles. The van der Waals surface area contributed by atoms with Crippen LogP contribution in [0.5, 0.6) is 0 Å². The lowest BCUT2D eigenvalue weighted by Crippen LogP contribution is -2.34. The van der Waals surface area contributed by atoms with Crippen LogP contribution in [0, 0.1) is 0 Å².